The van der Waals surface area contributed by atoms with Crippen LogP contribution in [-0.4, -0.2) is 36.5 Å². The summed E-state index contributed by atoms with van der Waals surface area (Å²) in [5, 5.41) is 2.87. The fraction of sp³-hybridized carbons (Fsp3) is 0.500. The zero-order valence-corrected chi connectivity index (χ0v) is 12.5. The second kappa shape index (κ2) is 6.48. The summed E-state index contributed by atoms with van der Waals surface area (Å²) in [4.78, 5) is 14.3. The van der Waals surface area contributed by atoms with Crippen molar-refractivity contribution in [2.75, 3.05) is 19.6 Å². The number of carbonyl (C=O) groups excluding carboxylic acids is 1. The van der Waals surface area contributed by atoms with Crippen LogP contribution in [0.3, 0.4) is 0 Å². The lowest BCUT2D eigenvalue weighted by molar-refractivity contribution is 0.0948. The molecule has 1 fully saturated rings. The highest BCUT2D eigenvalue weighted by Crippen LogP contribution is 2.25. The Morgan fingerprint density at radius 3 is 2.84 bits per heavy atom. The van der Waals surface area contributed by atoms with Crippen LogP contribution in [0, 0.1) is 5.82 Å². The molecule has 0 spiro atoms. The van der Waals surface area contributed by atoms with Crippen molar-refractivity contribution in [1.29, 1.82) is 0 Å². The molecule has 0 unspecified atom stereocenters. The maximum Gasteiger partial charge on any atom is 0.251 e. The molecule has 0 saturated heterocycles. The Hall–Kier alpha value is -0.940. The number of rotatable bonds is 6. The fourth-order valence-corrected chi connectivity index (χ4v) is 2.47. The van der Waals surface area contributed by atoms with E-state index in [9.17, 15) is 9.18 Å². The molecule has 1 aromatic rings. The predicted molar refractivity (Wildman–Crippen MR) is 76.7 cm³/mol. The van der Waals surface area contributed by atoms with Gasteiger partial charge in [-0.1, -0.05) is 6.92 Å². The number of likely N-dealkylation sites (N-methyl/N-ethyl adjacent to an activating group) is 1. The van der Waals surface area contributed by atoms with Gasteiger partial charge in [0.25, 0.3) is 5.91 Å². The first-order valence-electron chi connectivity index (χ1n) is 6.59. The maximum atomic E-state index is 13.1. The highest BCUT2D eigenvalue weighted by atomic mass is 79.9. The summed E-state index contributed by atoms with van der Waals surface area (Å²) >= 11 is 3.08. The molecule has 0 bridgehead atoms. The molecular weight excluding hydrogens is 311 g/mol. The third-order valence-corrected chi connectivity index (χ3v) is 3.94. The van der Waals surface area contributed by atoms with Crippen LogP contribution in [0.5, 0.6) is 0 Å². The average Bonchev–Trinajstić information content (AvgIpc) is 3.22. The van der Waals surface area contributed by atoms with Gasteiger partial charge in [-0.05, 0) is 53.5 Å². The normalized spacial score (nSPS) is 14.7. The van der Waals surface area contributed by atoms with Crippen molar-refractivity contribution >= 4 is 21.8 Å². The molecule has 1 amide bonds. The van der Waals surface area contributed by atoms with E-state index in [1.54, 1.807) is 0 Å². The maximum absolute atomic E-state index is 13.1. The van der Waals surface area contributed by atoms with E-state index in [2.05, 4.69) is 33.1 Å². The van der Waals surface area contributed by atoms with E-state index in [1.165, 1.54) is 31.0 Å². The van der Waals surface area contributed by atoms with Gasteiger partial charge in [0.05, 0.1) is 4.47 Å². The lowest BCUT2D eigenvalue weighted by Crippen LogP contribution is -2.36. The minimum Gasteiger partial charge on any atom is -0.351 e. The molecule has 1 aromatic carbocycles. The van der Waals surface area contributed by atoms with Crippen LogP contribution in [0.1, 0.15) is 30.1 Å². The number of hydrogen-bond donors (Lipinski definition) is 1. The summed E-state index contributed by atoms with van der Waals surface area (Å²) in [5.74, 6) is -0.519. The molecule has 104 valence electrons. The molecule has 19 heavy (non-hydrogen) atoms. The molecule has 0 radical (unpaired) electrons. The first-order valence-corrected chi connectivity index (χ1v) is 7.38. The Kier molecular flexibility index (Phi) is 4.93. The zero-order valence-electron chi connectivity index (χ0n) is 11.0. The van der Waals surface area contributed by atoms with Gasteiger partial charge in [-0.15, -0.1) is 0 Å². The van der Waals surface area contributed by atoms with Crippen molar-refractivity contribution in [2.45, 2.75) is 25.8 Å². The van der Waals surface area contributed by atoms with E-state index in [1.807, 2.05) is 0 Å². The number of nitrogens with one attached hydrogen (secondary N) is 1. The number of amides is 1. The number of nitrogens with zero attached hydrogens (tertiary/aromatic N) is 1. The topological polar surface area (TPSA) is 32.3 Å². The van der Waals surface area contributed by atoms with Gasteiger partial charge in [0.2, 0.25) is 0 Å². The van der Waals surface area contributed by atoms with E-state index in [4.69, 9.17) is 0 Å². The van der Waals surface area contributed by atoms with Gasteiger partial charge in [-0.3, -0.25) is 9.69 Å². The van der Waals surface area contributed by atoms with Crippen LogP contribution in [-0.2, 0) is 0 Å². The van der Waals surface area contributed by atoms with E-state index >= 15 is 0 Å². The predicted octanol–water partition coefficient (Wildman–Crippen LogP) is 2.80. The second-order valence-electron chi connectivity index (χ2n) is 4.74. The minimum atomic E-state index is -0.359. The first kappa shape index (κ1) is 14.5. The SMILES string of the molecule is CCN(CCNC(=O)c1ccc(F)c(Br)c1)C1CC1. The van der Waals surface area contributed by atoms with Gasteiger partial charge in [-0.25, -0.2) is 4.39 Å². The molecule has 1 aliphatic rings. The Balaban J connectivity index is 1.81. The van der Waals surface area contributed by atoms with Gasteiger partial charge < -0.3 is 5.32 Å². The largest absolute Gasteiger partial charge is 0.351 e. The van der Waals surface area contributed by atoms with Gasteiger partial charge >= 0.3 is 0 Å². The fourth-order valence-electron chi connectivity index (χ4n) is 2.09. The summed E-state index contributed by atoms with van der Waals surface area (Å²) < 4.78 is 13.4. The third kappa shape index (κ3) is 4.01. The first-order chi connectivity index (χ1) is 9.11. The zero-order chi connectivity index (χ0) is 13.8. The molecule has 1 N–H and O–H groups in total. The van der Waals surface area contributed by atoms with Crippen molar-refractivity contribution < 1.29 is 9.18 Å². The van der Waals surface area contributed by atoms with E-state index in [0.29, 0.717) is 22.6 Å². The Morgan fingerprint density at radius 1 is 1.53 bits per heavy atom. The minimum absolute atomic E-state index is 0.160. The molecule has 1 saturated carbocycles. The standard InChI is InChI=1S/C14H18BrFN2O/c1-2-18(11-4-5-11)8-7-17-14(19)10-3-6-13(16)12(15)9-10/h3,6,9,11H,2,4-5,7-8H2,1H3,(H,17,19). The Bertz CT molecular complexity index is 463. The van der Waals surface area contributed by atoms with Crippen LogP contribution in [0.25, 0.3) is 0 Å². The van der Waals surface area contributed by atoms with Crippen molar-refractivity contribution in [2.24, 2.45) is 0 Å². The van der Waals surface area contributed by atoms with Crippen LogP contribution in [0.15, 0.2) is 22.7 Å². The second-order valence-corrected chi connectivity index (χ2v) is 5.60. The number of benzene rings is 1. The van der Waals surface area contributed by atoms with E-state index in [0.717, 1.165) is 13.1 Å². The number of carbonyl (C=O) groups is 1. The molecule has 0 aliphatic heterocycles. The molecule has 2 rings (SSSR count). The summed E-state index contributed by atoms with van der Waals surface area (Å²) in [6.07, 6.45) is 2.54. The summed E-state index contributed by atoms with van der Waals surface area (Å²) in [6, 6.07) is 5.00. The summed E-state index contributed by atoms with van der Waals surface area (Å²) in [7, 11) is 0. The Morgan fingerprint density at radius 2 is 2.26 bits per heavy atom. The van der Waals surface area contributed by atoms with Gasteiger partial charge in [-0.2, -0.15) is 0 Å². The van der Waals surface area contributed by atoms with Crippen molar-refractivity contribution in [3.63, 3.8) is 0 Å². The highest BCUT2D eigenvalue weighted by molar-refractivity contribution is 9.10. The quantitative estimate of drug-likeness (QED) is 0.870. The summed E-state index contributed by atoms with van der Waals surface area (Å²) in [6.45, 7) is 4.65. The molecule has 0 heterocycles. The lowest BCUT2D eigenvalue weighted by atomic mass is 10.2. The average molecular weight is 329 g/mol. The van der Waals surface area contributed by atoms with Crippen LogP contribution >= 0.6 is 15.9 Å². The molecule has 3 nitrogen and oxygen atoms in total. The van der Waals surface area contributed by atoms with Crippen molar-refractivity contribution in [3.8, 4) is 0 Å². The van der Waals surface area contributed by atoms with Crippen molar-refractivity contribution in [3.05, 3.63) is 34.1 Å². The number of hydrogen-bond acceptors (Lipinski definition) is 2. The van der Waals surface area contributed by atoms with Crippen LogP contribution in [0.2, 0.25) is 0 Å². The Labute approximate surface area is 121 Å². The van der Waals surface area contributed by atoms with Crippen LogP contribution in [0.4, 0.5) is 4.39 Å². The van der Waals surface area contributed by atoms with Crippen LogP contribution < -0.4 is 5.32 Å². The third-order valence-electron chi connectivity index (χ3n) is 3.34. The van der Waals surface area contributed by atoms with Gasteiger partial charge in [0, 0.05) is 24.7 Å². The summed E-state index contributed by atoms with van der Waals surface area (Å²) in [5.41, 5.74) is 0.475. The van der Waals surface area contributed by atoms with Gasteiger partial charge in [0.15, 0.2) is 0 Å². The molecule has 0 aromatic heterocycles. The molecule has 1 aliphatic carbocycles. The van der Waals surface area contributed by atoms with E-state index in [-0.39, 0.29) is 11.7 Å². The smallest absolute Gasteiger partial charge is 0.251 e. The molecule has 0 atom stereocenters. The van der Waals surface area contributed by atoms with Crippen molar-refractivity contribution in [1.82, 2.24) is 10.2 Å². The monoisotopic (exact) mass is 328 g/mol. The van der Waals surface area contributed by atoms with E-state index < -0.39 is 0 Å². The highest BCUT2D eigenvalue weighted by Gasteiger charge is 2.27. The molecule has 5 heteroatoms. The number of halogens is 2. The van der Waals surface area contributed by atoms with Gasteiger partial charge in [0.1, 0.15) is 5.82 Å². The molecular formula is C14H18BrFN2O. The lowest BCUT2D eigenvalue weighted by Gasteiger charge is -2.19.